The smallest absolute Gasteiger partial charge is 0.245 e. The summed E-state index contributed by atoms with van der Waals surface area (Å²) >= 11 is 0. The van der Waals surface area contributed by atoms with Crippen LogP contribution in [0.15, 0.2) is 48.8 Å². The van der Waals surface area contributed by atoms with Crippen LogP contribution in [0.1, 0.15) is 44.2 Å². The molecule has 1 unspecified atom stereocenters. The summed E-state index contributed by atoms with van der Waals surface area (Å²) in [5.41, 5.74) is 1.84. The maximum absolute atomic E-state index is 12.8. The van der Waals surface area contributed by atoms with Crippen molar-refractivity contribution in [2.45, 2.75) is 39.3 Å². The normalized spacial score (nSPS) is 12.5. The first-order chi connectivity index (χ1) is 12.0. The van der Waals surface area contributed by atoms with Crippen molar-refractivity contribution in [3.8, 4) is 0 Å². The highest BCUT2D eigenvalue weighted by Gasteiger charge is 2.22. The molecule has 0 spiro atoms. The van der Waals surface area contributed by atoms with Crippen molar-refractivity contribution in [3.63, 3.8) is 0 Å². The molecule has 1 atom stereocenters. The first kappa shape index (κ1) is 17.1. The number of aromatic nitrogens is 3. The van der Waals surface area contributed by atoms with Gasteiger partial charge in [0.05, 0.1) is 17.8 Å². The summed E-state index contributed by atoms with van der Waals surface area (Å²) in [6.07, 6.45) is 3.63. The van der Waals surface area contributed by atoms with Gasteiger partial charge in [0.15, 0.2) is 0 Å². The molecule has 2 aromatic heterocycles. The van der Waals surface area contributed by atoms with Gasteiger partial charge in [-0.15, -0.1) is 0 Å². The molecular formula is C20H24N4O. The Kier molecular flexibility index (Phi) is 4.83. The van der Waals surface area contributed by atoms with Crippen molar-refractivity contribution in [1.29, 1.82) is 0 Å². The van der Waals surface area contributed by atoms with E-state index in [1.807, 2.05) is 61.1 Å². The van der Waals surface area contributed by atoms with Crippen molar-refractivity contribution in [2.75, 3.05) is 7.05 Å². The summed E-state index contributed by atoms with van der Waals surface area (Å²) in [4.78, 5) is 23.6. The van der Waals surface area contributed by atoms with Gasteiger partial charge < -0.3 is 9.47 Å². The monoisotopic (exact) mass is 336 g/mol. The van der Waals surface area contributed by atoms with Crippen LogP contribution in [0, 0.1) is 0 Å². The molecular weight excluding hydrogens is 312 g/mol. The van der Waals surface area contributed by atoms with Gasteiger partial charge in [-0.05, 0) is 19.1 Å². The lowest BCUT2D eigenvalue weighted by atomic mass is 10.2. The minimum atomic E-state index is -0.287. The third-order valence-corrected chi connectivity index (χ3v) is 4.42. The van der Waals surface area contributed by atoms with Crippen LogP contribution in [0.25, 0.3) is 10.9 Å². The summed E-state index contributed by atoms with van der Waals surface area (Å²) in [6, 6.07) is 11.7. The number of para-hydroxylation sites is 1. The van der Waals surface area contributed by atoms with Gasteiger partial charge in [-0.2, -0.15) is 0 Å². The highest BCUT2D eigenvalue weighted by atomic mass is 16.2. The van der Waals surface area contributed by atoms with Crippen molar-refractivity contribution in [1.82, 2.24) is 19.4 Å². The Hall–Kier alpha value is -2.69. The number of hydrogen-bond acceptors (Lipinski definition) is 3. The van der Waals surface area contributed by atoms with Crippen LogP contribution in [-0.2, 0) is 11.3 Å². The van der Waals surface area contributed by atoms with Crippen LogP contribution < -0.4 is 0 Å². The summed E-state index contributed by atoms with van der Waals surface area (Å²) in [5.74, 6) is 1.26. The molecule has 1 aromatic carbocycles. The number of hydrogen-bond donors (Lipinski definition) is 0. The zero-order valence-electron chi connectivity index (χ0n) is 15.2. The zero-order chi connectivity index (χ0) is 18.0. The Labute approximate surface area is 148 Å². The van der Waals surface area contributed by atoms with Crippen molar-refractivity contribution in [3.05, 3.63) is 60.3 Å². The van der Waals surface area contributed by atoms with E-state index in [1.165, 1.54) is 0 Å². The number of carbonyl (C=O) groups is 1. The van der Waals surface area contributed by atoms with Gasteiger partial charge in [0.2, 0.25) is 5.91 Å². The van der Waals surface area contributed by atoms with Crippen LogP contribution in [0.2, 0.25) is 0 Å². The fourth-order valence-corrected chi connectivity index (χ4v) is 3.05. The topological polar surface area (TPSA) is 51.0 Å². The second-order valence-corrected chi connectivity index (χ2v) is 6.71. The molecule has 3 aromatic rings. The molecule has 0 saturated heterocycles. The predicted molar refractivity (Wildman–Crippen MR) is 99.2 cm³/mol. The van der Waals surface area contributed by atoms with Crippen LogP contribution in [0.3, 0.4) is 0 Å². The quantitative estimate of drug-likeness (QED) is 0.712. The number of amides is 1. The average molecular weight is 336 g/mol. The van der Waals surface area contributed by atoms with E-state index < -0.39 is 0 Å². The fourth-order valence-electron chi connectivity index (χ4n) is 3.05. The second kappa shape index (κ2) is 7.05. The number of rotatable bonds is 5. The van der Waals surface area contributed by atoms with E-state index in [1.54, 1.807) is 11.1 Å². The maximum atomic E-state index is 12.8. The van der Waals surface area contributed by atoms with Gasteiger partial charge in [0, 0.05) is 30.7 Å². The van der Waals surface area contributed by atoms with E-state index in [0.717, 1.165) is 22.4 Å². The molecule has 1 amide bonds. The van der Waals surface area contributed by atoms with E-state index in [9.17, 15) is 4.79 Å². The van der Waals surface area contributed by atoms with E-state index in [-0.39, 0.29) is 17.9 Å². The lowest BCUT2D eigenvalue weighted by molar-refractivity contribution is -0.133. The number of benzene rings is 1. The van der Waals surface area contributed by atoms with Crippen molar-refractivity contribution < 1.29 is 4.79 Å². The highest BCUT2D eigenvalue weighted by molar-refractivity contribution is 5.80. The molecule has 0 radical (unpaired) electrons. The summed E-state index contributed by atoms with van der Waals surface area (Å²) in [7, 11) is 1.82. The summed E-state index contributed by atoms with van der Waals surface area (Å²) < 4.78 is 1.96. The molecule has 0 bridgehead atoms. The van der Waals surface area contributed by atoms with E-state index >= 15 is 0 Å². The molecule has 0 aliphatic rings. The molecule has 2 heterocycles. The molecule has 0 fully saturated rings. The first-order valence-corrected chi connectivity index (χ1v) is 8.59. The van der Waals surface area contributed by atoms with Crippen molar-refractivity contribution in [2.24, 2.45) is 0 Å². The predicted octanol–water partition coefficient (Wildman–Crippen LogP) is 3.77. The molecule has 5 heteroatoms. The number of fused-ring (bicyclic) bond motifs is 1. The first-order valence-electron chi connectivity index (χ1n) is 8.59. The van der Waals surface area contributed by atoms with Gasteiger partial charge in [-0.3, -0.25) is 9.78 Å². The van der Waals surface area contributed by atoms with Crippen LogP contribution in [0.4, 0.5) is 0 Å². The molecule has 0 N–H and O–H groups in total. The van der Waals surface area contributed by atoms with Gasteiger partial charge in [0.25, 0.3) is 0 Å². The Balaban J connectivity index is 1.76. The number of likely N-dealkylation sites (N-methyl/N-ethyl adjacent to an activating group) is 1. The molecule has 0 saturated carbocycles. The Morgan fingerprint density at radius 3 is 2.68 bits per heavy atom. The van der Waals surface area contributed by atoms with Crippen LogP contribution in [0.5, 0.6) is 0 Å². The van der Waals surface area contributed by atoms with Crippen LogP contribution in [-0.4, -0.2) is 32.4 Å². The summed E-state index contributed by atoms with van der Waals surface area (Å²) in [5, 5.41) is 1.11. The zero-order valence-corrected chi connectivity index (χ0v) is 15.2. The molecule has 130 valence electrons. The van der Waals surface area contributed by atoms with E-state index in [2.05, 4.69) is 23.8 Å². The third kappa shape index (κ3) is 3.55. The fraction of sp³-hybridized carbons (Fsp3) is 0.350. The second-order valence-electron chi connectivity index (χ2n) is 6.71. The van der Waals surface area contributed by atoms with E-state index in [0.29, 0.717) is 6.54 Å². The van der Waals surface area contributed by atoms with Gasteiger partial charge in [0.1, 0.15) is 11.9 Å². The third-order valence-electron chi connectivity index (χ3n) is 4.42. The molecule has 5 nitrogen and oxygen atoms in total. The van der Waals surface area contributed by atoms with Crippen LogP contribution >= 0.6 is 0 Å². The lowest BCUT2D eigenvalue weighted by Gasteiger charge is -2.24. The standard InChI is InChI=1S/C20H24N4O/c1-14(2)19-21-11-12-24(19)15(3)20(25)23(4)13-17-10-9-16-7-5-6-8-18(16)22-17/h5-12,14-15H,13H2,1-4H3. The van der Waals surface area contributed by atoms with Gasteiger partial charge >= 0.3 is 0 Å². The van der Waals surface area contributed by atoms with Crippen molar-refractivity contribution >= 4 is 16.8 Å². The largest absolute Gasteiger partial charge is 0.338 e. The maximum Gasteiger partial charge on any atom is 0.245 e. The number of nitrogens with zero attached hydrogens (tertiary/aromatic N) is 4. The Morgan fingerprint density at radius 1 is 1.16 bits per heavy atom. The van der Waals surface area contributed by atoms with Gasteiger partial charge in [-0.1, -0.05) is 38.1 Å². The average Bonchev–Trinajstić information content (AvgIpc) is 3.10. The SMILES string of the molecule is CC(C)c1nccn1C(C)C(=O)N(C)Cc1ccc2ccccc2n1. The minimum absolute atomic E-state index is 0.0508. The molecule has 0 aliphatic heterocycles. The number of imidazole rings is 1. The lowest BCUT2D eigenvalue weighted by Crippen LogP contribution is -2.33. The Morgan fingerprint density at radius 2 is 1.92 bits per heavy atom. The van der Waals surface area contributed by atoms with E-state index in [4.69, 9.17) is 0 Å². The number of pyridine rings is 1. The minimum Gasteiger partial charge on any atom is -0.338 e. The molecule has 3 rings (SSSR count). The Bertz CT molecular complexity index is 884. The summed E-state index contributed by atoms with van der Waals surface area (Å²) in [6.45, 7) is 6.57. The van der Waals surface area contributed by atoms with Gasteiger partial charge in [-0.25, -0.2) is 4.98 Å². The molecule has 0 aliphatic carbocycles. The molecule has 25 heavy (non-hydrogen) atoms. The number of carbonyl (C=O) groups excluding carboxylic acids is 1. The highest BCUT2D eigenvalue weighted by Crippen LogP contribution is 2.19.